The summed E-state index contributed by atoms with van der Waals surface area (Å²) < 4.78 is 32.8. The molecule has 0 heterocycles. The molecular formula is C21H28N2O4S. The Morgan fingerprint density at radius 1 is 1.07 bits per heavy atom. The molecule has 0 radical (unpaired) electrons. The zero-order valence-corrected chi connectivity index (χ0v) is 17.7. The third-order valence-corrected chi connectivity index (χ3v) is 5.99. The Bertz CT molecular complexity index is 926. The lowest BCUT2D eigenvalue weighted by atomic mass is 10.1. The first-order valence-electron chi connectivity index (χ1n) is 9.19. The van der Waals surface area contributed by atoms with E-state index in [1.54, 1.807) is 30.1 Å². The molecule has 0 aliphatic carbocycles. The highest BCUT2D eigenvalue weighted by Crippen LogP contribution is 2.14. The Kier molecular flexibility index (Phi) is 7.60. The molecule has 0 saturated heterocycles. The summed E-state index contributed by atoms with van der Waals surface area (Å²) in [5, 5.41) is 0. The van der Waals surface area contributed by atoms with Crippen LogP contribution in [0.3, 0.4) is 0 Å². The third-order valence-electron chi connectivity index (χ3n) is 4.53. The normalized spacial score (nSPS) is 11.3. The second kappa shape index (κ2) is 9.71. The maximum absolute atomic E-state index is 12.3. The van der Waals surface area contributed by atoms with Crippen LogP contribution >= 0.6 is 0 Å². The van der Waals surface area contributed by atoms with Crippen LogP contribution in [0, 0.1) is 20.8 Å². The van der Waals surface area contributed by atoms with E-state index in [-0.39, 0.29) is 23.8 Å². The van der Waals surface area contributed by atoms with Gasteiger partial charge in [0.05, 0.1) is 11.4 Å². The van der Waals surface area contributed by atoms with Crippen LogP contribution in [0.25, 0.3) is 0 Å². The van der Waals surface area contributed by atoms with Crippen molar-refractivity contribution < 1.29 is 17.9 Å². The van der Waals surface area contributed by atoms with Gasteiger partial charge in [-0.25, -0.2) is 13.1 Å². The molecule has 0 atom stereocenters. The highest BCUT2D eigenvalue weighted by molar-refractivity contribution is 7.89. The molecule has 0 saturated carbocycles. The third kappa shape index (κ3) is 6.35. The average molecular weight is 405 g/mol. The zero-order chi connectivity index (χ0) is 20.7. The zero-order valence-electron chi connectivity index (χ0n) is 16.9. The highest BCUT2D eigenvalue weighted by Gasteiger charge is 2.16. The largest absolute Gasteiger partial charge is 0.492 e. The van der Waals surface area contributed by atoms with Crippen LogP contribution in [0.15, 0.2) is 47.4 Å². The van der Waals surface area contributed by atoms with Crippen molar-refractivity contribution in [3.05, 3.63) is 59.2 Å². The summed E-state index contributed by atoms with van der Waals surface area (Å²) in [4.78, 5) is 13.9. The monoisotopic (exact) mass is 404 g/mol. The fourth-order valence-electron chi connectivity index (χ4n) is 2.58. The molecule has 152 valence electrons. The highest BCUT2D eigenvalue weighted by atomic mass is 32.2. The number of nitrogens with zero attached hydrogens (tertiary/aromatic N) is 1. The Labute approximate surface area is 167 Å². The number of carbonyl (C=O) groups excluding carboxylic acids is 1. The van der Waals surface area contributed by atoms with Crippen LogP contribution < -0.4 is 9.46 Å². The van der Waals surface area contributed by atoms with Gasteiger partial charge in [-0.2, -0.15) is 0 Å². The van der Waals surface area contributed by atoms with E-state index in [4.69, 9.17) is 4.74 Å². The van der Waals surface area contributed by atoms with Gasteiger partial charge in [-0.1, -0.05) is 18.2 Å². The number of benzene rings is 2. The van der Waals surface area contributed by atoms with Crippen LogP contribution in [0.2, 0.25) is 0 Å². The molecule has 2 rings (SSSR count). The average Bonchev–Trinajstić information content (AvgIpc) is 2.63. The number of sulfonamides is 1. The minimum Gasteiger partial charge on any atom is -0.492 e. The lowest BCUT2D eigenvalue weighted by molar-refractivity contribution is -0.130. The van der Waals surface area contributed by atoms with Gasteiger partial charge < -0.3 is 9.64 Å². The van der Waals surface area contributed by atoms with Crippen molar-refractivity contribution in [3.63, 3.8) is 0 Å². The Morgan fingerprint density at radius 2 is 1.82 bits per heavy atom. The van der Waals surface area contributed by atoms with Gasteiger partial charge in [-0.15, -0.1) is 0 Å². The lowest BCUT2D eigenvalue weighted by Crippen LogP contribution is -2.34. The number of rotatable bonds is 9. The van der Waals surface area contributed by atoms with E-state index >= 15 is 0 Å². The summed E-state index contributed by atoms with van der Waals surface area (Å²) in [7, 11) is -1.94. The van der Waals surface area contributed by atoms with Crippen LogP contribution in [0.5, 0.6) is 5.75 Å². The summed E-state index contributed by atoms with van der Waals surface area (Å²) in [6.07, 6.45) is 0.0883. The first-order valence-corrected chi connectivity index (χ1v) is 10.7. The van der Waals surface area contributed by atoms with E-state index in [0.29, 0.717) is 13.2 Å². The summed E-state index contributed by atoms with van der Waals surface area (Å²) >= 11 is 0. The maximum atomic E-state index is 12.3. The van der Waals surface area contributed by atoms with Crippen molar-refractivity contribution in [2.75, 3.05) is 26.7 Å². The lowest BCUT2D eigenvalue weighted by Gasteiger charge is -2.18. The Hall–Kier alpha value is -2.38. The molecule has 0 aliphatic rings. The van der Waals surface area contributed by atoms with Crippen LogP contribution in [0.4, 0.5) is 0 Å². The van der Waals surface area contributed by atoms with Gasteiger partial charge in [0.2, 0.25) is 15.9 Å². The maximum Gasteiger partial charge on any atom is 0.240 e. The van der Waals surface area contributed by atoms with Crippen molar-refractivity contribution in [1.29, 1.82) is 0 Å². The molecule has 28 heavy (non-hydrogen) atoms. The molecule has 0 aromatic heterocycles. The molecule has 2 aromatic carbocycles. The molecule has 0 fully saturated rings. The molecule has 7 heteroatoms. The quantitative estimate of drug-likeness (QED) is 0.697. The Balaban J connectivity index is 1.77. The number of carbonyl (C=O) groups is 1. The van der Waals surface area contributed by atoms with E-state index in [2.05, 4.69) is 4.72 Å². The molecule has 0 unspecified atom stereocenters. The SMILES string of the molecule is Cc1cccc(OCCN(C)C(=O)CCNS(=O)(=O)c2ccc(C)c(C)c2)c1. The number of nitrogens with one attached hydrogen (secondary N) is 1. The van der Waals surface area contributed by atoms with Gasteiger partial charge in [-0.05, 0) is 61.7 Å². The van der Waals surface area contributed by atoms with Crippen molar-refractivity contribution in [3.8, 4) is 5.75 Å². The summed E-state index contributed by atoms with van der Waals surface area (Å²) in [5.41, 5.74) is 3.05. The van der Waals surface area contributed by atoms with Crippen LogP contribution in [0.1, 0.15) is 23.1 Å². The molecule has 1 amide bonds. The first-order chi connectivity index (χ1) is 13.2. The van der Waals surface area contributed by atoms with Crippen LogP contribution in [-0.2, 0) is 14.8 Å². The van der Waals surface area contributed by atoms with E-state index in [9.17, 15) is 13.2 Å². The van der Waals surface area contributed by atoms with Gasteiger partial charge in [0.15, 0.2) is 0 Å². The first kappa shape index (κ1) is 21.9. The predicted octanol–water partition coefficient (Wildman–Crippen LogP) is 2.82. The van der Waals surface area contributed by atoms with Crippen molar-refractivity contribution in [2.24, 2.45) is 0 Å². The minimum atomic E-state index is -3.62. The van der Waals surface area contributed by atoms with Gasteiger partial charge >= 0.3 is 0 Å². The number of hydrogen-bond donors (Lipinski definition) is 1. The van der Waals surface area contributed by atoms with Gasteiger partial charge in [0.1, 0.15) is 12.4 Å². The molecule has 0 spiro atoms. The van der Waals surface area contributed by atoms with Gasteiger partial charge in [-0.3, -0.25) is 4.79 Å². The topological polar surface area (TPSA) is 75.7 Å². The van der Waals surface area contributed by atoms with E-state index in [1.165, 1.54) is 0 Å². The van der Waals surface area contributed by atoms with E-state index < -0.39 is 10.0 Å². The number of hydrogen-bond acceptors (Lipinski definition) is 4. The number of aryl methyl sites for hydroxylation is 3. The molecule has 6 nitrogen and oxygen atoms in total. The predicted molar refractivity (Wildman–Crippen MR) is 110 cm³/mol. The van der Waals surface area contributed by atoms with Crippen molar-refractivity contribution >= 4 is 15.9 Å². The summed E-state index contributed by atoms with van der Waals surface area (Å²) in [6.45, 7) is 6.64. The fraction of sp³-hybridized carbons (Fsp3) is 0.381. The number of likely N-dealkylation sites (N-methyl/N-ethyl adjacent to an activating group) is 1. The summed E-state index contributed by atoms with van der Waals surface area (Å²) in [5.74, 6) is 0.623. The molecule has 2 aromatic rings. The van der Waals surface area contributed by atoms with Crippen LogP contribution in [-0.4, -0.2) is 46.0 Å². The Morgan fingerprint density at radius 3 is 2.50 bits per heavy atom. The number of ether oxygens (including phenoxy) is 1. The molecule has 0 aliphatic heterocycles. The van der Waals surface area contributed by atoms with Gasteiger partial charge in [0.25, 0.3) is 0 Å². The molecular weight excluding hydrogens is 376 g/mol. The van der Waals surface area contributed by atoms with Crippen molar-refractivity contribution in [1.82, 2.24) is 9.62 Å². The van der Waals surface area contributed by atoms with Crippen molar-refractivity contribution in [2.45, 2.75) is 32.1 Å². The van der Waals surface area contributed by atoms with Gasteiger partial charge in [0, 0.05) is 20.0 Å². The summed E-state index contributed by atoms with van der Waals surface area (Å²) in [6, 6.07) is 12.7. The minimum absolute atomic E-state index is 0.0527. The fourth-order valence-corrected chi connectivity index (χ4v) is 3.69. The second-order valence-corrected chi connectivity index (χ2v) is 8.64. The molecule has 1 N–H and O–H groups in total. The van der Waals surface area contributed by atoms with E-state index in [1.807, 2.05) is 45.0 Å². The smallest absolute Gasteiger partial charge is 0.240 e. The van der Waals surface area contributed by atoms with E-state index in [0.717, 1.165) is 22.4 Å². The standard InChI is InChI=1S/C21H28N2O4S/c1-16-6-5-7-19(14-16)27-13-12-23(4)21(24)10-11-22-28(25,26)20-9-8-17(2)18(3)15-20/h5-9,14-15,22H,10-13H2,1-4H3. The second-order valence-electron chi connectivity index (χ2n) is 6.87. The number of amides is 1. The molecule has 0 bridgehead atoms.